The van der Waals surface area contributed by atoms with Crippen LogP contribution >= 0.6 is 0 Å². The predicted molar refractivity (Wildman–Crippen MR) is 25.0 cm³/mol. The summed E-state index contributed by atoms with van der Waals surface area (Å²) < 4.78 is 3.86. The summed E-state index contributed by atoms with van der Waals surface area (Å²) in [6.07, 6.45) is 0. The Balaban J connectivity index is 2.79. The van der Waals surface area contributed by atoms with Crippen LogP contribution in [0.4, 0.5) is 0 Å². The molecule has 3 N–H and O–H groups in total. The predicted octanol–water partition coefficient (Wildman–Crippen LogP) is -2.53. The van der Waals surface area contributed by atoms with Gasteiger partial charge in [0.05, 0.1) is 4.79 Å². The first-order valence-corrected chi connectivity index (χ1v) is 2.33. The van der Waals surface area contributed by atoms with Crippen LogP contribution in [-0.2, 0) is 9.59 Å². The van der Waals surface area contributed by atoms with Gasteiger partial charge in [0.25, 0.3) is 5.29 Å². The molecule has 54 valence electrons. The summed E-state index contributed by atoms with van der Waals surface area (Å²) in [6.45, 7) is 0. The first-order valence-electron chi connectivity index (χ1n) is 2.33. The van der Waals surface area contributed by atoms with Crippen molar-refractivity contribution >= 4 is 11.9 Å². The van der Waals surface area contributed by atoms with Gasteiger partial charge in [0.1, 0.15) is 0 Å². The Labute approximate surface area is 54.1 Å². The number of carbonyl (C=O) groups is 2. The summed E-state index contributed by atoms with van der Waals surface area (Å²) in [5.74, 6) is -2.53. The fraction of sp³-hybridized carbons (Fsp3) is 0.333. The number of nitrogens with zero attached hydrogens (tertiary/aromatic N) is 1. The number of quaternary nitrogens is 1. The van der Waals surface area contributed by atoms with E-state index in [-0.39, 0.29) is 0 Å². The van der Waals surface area contributed by atoms with Crippen molar-refractivity contribution < 1.29 is 25.1 Å². The highest BCUT2D eigenvalue weighted by atomic mass is 16.7. The monoisotopic (exact) mass is 148 g/mol. The Morgan fingerprint density at radius 3 is 2.60 bits per heavy atom. The minimum absolute atomic E-state index is 0.808. The normalized spacial score (nSPS) is 31.1. The molecule has 0 bridgehead atoms. The van der Waals surface area contributed by atoms with Crippen molar-refractivity contribution in [1.29, 1.82) is 0 Å². The van der Waals surface area contributed by atoms with Crippen molar-refractivity contribution in [2.45, 2.75) is 6.04 Å². The maximum absolute atomic E-state index is 10.3. The lowest BCUT2D eigenvalue weighted by Gasteiger charge is -1.91. The van der Waals surface area contributed by atoms with Crippen molar-refractivity contribution in [2.75, 3.05) is 0 Å². The molecule has 0 spiro atoms. The highest BCUT2D eigenvalue weighted by Gasteiger charge is 2.55. The van der Waals surface area contributed by atoms with E-state index in [0.29, 0.717) is 0 Å². The summed E-state index contributed by atoms with van der Waals surface area (Å²) in [5.41, 5.74) is 0. The van der Waals surface area contributed by atoms with Gasteiger partial charge in [-0.2, -0.15) is 5.21 Å². The third-order valence-electron chi connectivity index (χ3n) is 0.970. The summed E-state index contributed by atoms with van der Waals surface area (Å²) in [7, 11) is 0. The molecular weight excluding hydrogens is 144 g/mol. The molecule has 2 unspecified atom stereocenters. The molecule has 0 fully saturated rings. The van der Waals surface area contributed by atoms with Crippen LogP contribution in [0.1, 0.15) is 0 Å². The number of hydrogen-bond donors (Lipinski definition) is 3. The first kappa shape index (κ1) is 6.78. The molecule has 2 atom stereocenters. The van der Waals surface area contributed by atoms with E-state index in [9.17, 15) is 9.59 Å². The fourth-order valence-electron chi connectivity index (χ4n) is 0.514. The molecule has 0 saturated heterocycles. The number of rotatable bonds is 1. The molecule has 0 radical (unpaired) electrons. The Hall–Kier alpha value is -1.34. The Kier molecular flexibility index (Phi) is 1.44. The Bertz CT molecular complexity index is 211. The molecule has 0 aromatic heterocycles. The highest BCUT2D eigenvalue weighted by molar-refractivity contribution is 6.05. The molecule has 10 heavy (non-hydrogen) atoms. The van der Waals surface area contributed by atoms with Crippen molar-refractivity contribution in [3.05, 3.63) is 4.54 Å². The second-order valence-corrected chi connectivity index (χ2v) is 1.63. The van der Waals surface area contributed by atoms with Gasteiger partial charge in [0.15, 0.2) is 0 Å². The molecule has 1 heterocycles. The van der Waals surface area contributed by atoms with Crippen LogP contribution in [0.25, 0.3) is 0 Å². The third-order valence-corrected chi connectivity index (χ3v) is 0.970. The lowest BCUT2D eigenvalue weighted by Crippen LogP contribution is -3.09. The molecule has 1 aliphatic heterocycles. The minimum Gasteiger partial charge on any atom is -0.476 e. The van der Waals surface area contributed by atoms with E-state index in [1.165, 1.54) is 0 Å². The standard InChI is InChI=1S/C3H2N2O5/c6-2(7)1-3(8)10-4-5(1)9/h1,9H/p+2. The summed E-state index contributed by atoms with van der Waals surface area (Å²) in [5, 5.41) is 18.7. The molecule has 1 aliphatic rings. The summed E-state index contributed by atoms with van der Waals surface area (Å²) in [6, 6.07) is -1.64. The molecule has 0 aliphatic carbocycles. The van der Waals surface area contributed by atoms with Gasteiger partial charge in [0, 0.05) is 5.17 Å². The SMILES string of the molecule is O=C(O)C1C(=O)[O+]=N[NH+]1O. The average Bonchev–Trinajstić information content (AvgIpc) is 2.11. The number of hydrogen-bond acceptors (Lipinski definition) is 4. The van der Waals surface area contributed by atoms with E-state index in [2.05, 4.69) is 9.82 Å². The number of carbonyl (C=O) groups excluding carboxylic acids is 1. The molecule has 7 heteroatoms. The van der Waals surface area contributed by atoms with Crippen molar-refractivity contribution in [1.82, 2.24) is 0 Å². The largest absolute Gasteiger partial charge is 0.685 e. The van der Waals surface area contributed by atoms with Gasteiger partial charge in [-0.1, -0.05) is 4.54 Å². The van der Waals surface area contributed by atoms with Gasteiger partial charge >= 0.3 is 18.0 Å². The van der Waals surface area contributed by atoms with Crippen LogP contribution in [0.15, 0.2) is 5.29 Å². The zero-order valence-corrected chi connectivity index (χ0v) is 4.64. The third kappa shape index (κ3) is 0.870. The molecular formula is C3H4N2O5+2. The van der Waals surface area contributed by atoms with Crippen LogP contribution in [-0.4, -0.2) is 28.3 Å². The van der Waals surface area contributed by atoms with Gasteiger partial charge in [-0.15, -0.1) is 0 Å². The molecule has 0 aromatic rings. The van der Waals surface area contributed by atoms with Gasteiger partial charge in [0.2, 0.25) is 0 Å². The molecule has 0 aromatic carbocycles. The first-order chi connectivity index (χ1) is 4.63. The highest BCUT2D eigenvalue weighted by Crippen LogP contribution is 1.87. The quantitative estimate of drug-likeness (QED) is 0.282. The topological polar surface area (TPSA) is 103 Å². The minimum atomic E-state index is -1.64. The van der Waals surface area contributed by atoms with Crippen molar-refractivity contribution in [3.63, 3.8) is 0 Å². The number of hydroxylamine groups is 1. The number of aliphatic carboxylic acids is 1. The van der Waals surface area contributed by atoms with E-state index in [0.717, 1.165) is 0 Å². The number of nitrogens with one attached hydrogen (secondary N) is 1. The second-order valence-electron chi connectivity index (χ2n) is 1.63. The lowest BCUT2D eigenvalue weighted by atomic mass is 10.3. The lowest BCUT2D eigenvalue weighted by molar-refractivity contribution is -1.10. The molecule has 0 amide bonds. The van der Waals surface area contributed by atoms with Gasteiger partial charge in [-0.3, -0.25) is 0 Å². The zero-order valence-electron chi connectivity index (χ0n) is 4.64. The summed E-state index contributed by atoms with van der Waals surface area (Å²) >= 11 is 0. The average molecular weight is 148 g/mol. The van der Waals surface area contributed by atoms with Crippen LogP contribution in [0.5, 0.6) is 0 Å². The van der Waals surface area contributed by atoms with Crippen LogP contribution in [0, 0.1) is 4.54 Å². The smallest absolute Gasteiger partial charge is 0.476 e. The van der Waals surface area contributed by atoms with E-state index >= 15 is 0 Å². The van der Waals surface area contributed by atoms with Gasteiger partial charge in [-0.05, 0) is 0 Å². The second kappa shape index (κ2) is 2.12. The van der Waals surface area contributed by atoms with Gasteiger partial charge < -0.3 is 5.11 Å². The van der Waals surface area contributed by atoms with E-state index in [1.54, 1.807) is 0 Å². The fourth-order valence-corrected chi connectivity index (χ4v) is 0.514. The van der Waals surface area contributed by atoms with Crippen LogP contribution in [0.3, 0.4) is 0 Å². The van der Waals surface area contributed by atoms with E-state index in [4.69, 9.17) is 10.3 Å². The maximum atomic E-state index is 10.3. The van der Waals surface area contributed by atoms with Gasteiger partial charge in [-0.25, -0.2) is 4.79 Å². The molecule has 1 rings (SSSR count). The molecule has 7 nitrogen and oxygen atoms in total. The molecule has 0 saturated carbocycles. The van der Waals surface area contributed by atoms with Crippen molar-refractivity contribution in [2.24, 2.45) is 5.29 Å². The Morgan fingerprint density at radius 2 is 2.40 bits per heavy atom. The number of carboxylic acids is 1. The summed E-state index contributed by atoms with van der Waals surface area (Å²) in [4.78, 5) is 20.4. The van der Waals surface area contributed by atoms with E-state index < -0.39 is 23.2 Å². The van der Waals surface area contributed by atoms with E-state index in [1.807, 2.05) is 0 Å². The Morgan fingerprint density at radius 1 is 1.80 bits per heavy atom. The number of carboxylic acid groups (broad SMARTS) is 1. The number of nitroso groups, excluding NO2 is 1. The van der Waals surface area contributed by atoms with Crippen molar-refractivity contribution in [3.8, 4) is 0 Å². The maximum Gasteiger partial charge on any atom is 0.685 e. The van der Waals surface area contributed by atoms with Crippen LogP contribution < -0.4 is 5.17 Å². The zero-order chi connectivity index (χ0) is 7.72. The van der Waals surface area contributed by atoms with Crippen LogP contribution in [0.2, 0.25) is 0 Å².